The highest BCUT2D eigenvalue weighted by Gasteiger charge is 2.48. The standard InChI is InChI=1S/C27H27FN2O5/c1-31-25-19(17-6-7-22-23(11-17)35-9-8-34-22)4-3-5-20(25)24-21(28)10-18(26(29-24)32-2)12-30-13-27(14-30)15-33-16-27/h3-7,10-11H,8-9,12-16H2,1-2H3. The monoisotopic (exact) mass is 478 g/mol. The number of hydrogen-bond donors (Lipinski definition) is 0. The zero-order valence-electron chi connectivity index (χ0n) is 19.8. The molecule has 2 fully saturated rings. The van der Waals surface area contributed by atoms with E-state index < -0.39 is 5.82 Å². The lowest BCUT2D eigenvalue weighted by Crippen LogP contribution is -2.65. The van der Waals surface area contributed by atoms with Gasteiger partial charge in [0.15, 0.2) is 11.5 Å². The molecule has 3 aliphatic rings. The summed E-state index contributed by atoms with van der Waals surface area (Å²) in [5.74, 6) is 1.92. The molecule has 0 radical (unpaired) electrons. The summed E-state index contributed by atoms with van der Waals surface area (Å²) in [7, 11) is 3.14. The molecule has 1 aromatic heterocycles. The van der Waals surface area contributed by atoms with Crippen LogP contribution in [0.3, 0.4) is 0 Å². The number of para-hydroxylation sites is 1. The van der Waals surface area contributed by atoms with E-state index in [-0.39, 0.29) is 5.69 Å². The molecule has 2 aromatic carbocycles. The van der Waals surface area contributed by atoms with Crippen LogP contribution in [0, 0.1) is 11.2 Å². The Balaban J connectivity index is 1.34. The molecule has 0 saturated carbocycles. The average molecular weight is 479 g/mol. The zero-order valence-corrected chi connectivity index (χ0v) is 19.8. The van der Waals surface area contributed by atoms with Gasteiger partial charge in [-0.15, -0.1) is 0 Å². The SMILES string of the molecule is COc1nc(-c2cccc(-c3ccc4c(c3)OCCO4)c2OC)c(F)cc1CN1CC2(COC2)C1. The number of ether oxygens (including phenoxy) is 5. The number of methoxy groups -OCH3 is 2. The number of pyridine rings is 1. The predicted octanol–water partition coefficient (Wildman–Crippen LogP) is 4.18. The average Bonchev–Trinajstić information content (AvgIpc) is 2.84. The van der Waals surface area contributed by atoms with Gasteiger partial charge in [0, 0.05) is 41.7 Å². The van der Waals surface area contributed by atoms with E-state index in [2.05, 4.69) is 9.88 Å². The molecule has 3 aliphatic heterocycles. The van der Waals surface area contributed by atoms with Crippen LogP contribution in [0.1, 0.15) is 5.56 Å². The van der Waals surface area contributed by atoms with Crippen molar-refractivity contribution in [1.82, 2.24) is 9.88 Å². The van der Waals surface area contributed by atoms with Gasteiger partial charge in [-0.2, -0.15) is 0 Å². The van der Waals surface area contributed by atoms with Crippen LogP contribution in [-0.2, 0) is 11.3 Å². The minimum Gasteiger partial charge on any atom is -0.495 e. The van der Waals surface area contributed by atoms with E-state index in [1.54, 1.807) is 20.3 Å². The summed E-state index contributed by atoms with van der Waals surface area (Å²) in [5.41, 5.74) is 3.45. The first-order valence-electron chi connectivity index (χ1n) is 11.7. The molecule has 0 unspecified atom stereocenters. The third-order valence-electron chi connectivity index (χ3n) is 6.86. The van der Waals surface area contributed by atoms with Crippen molar-refractivity contribution < 1.29 is 28.1 Å². The maximum Gasteiger partial charge on any atom is 0.218 e. The van der Waals surface area contributed by atoms with E-state index in [1.807, 2.05) is 30.3 Å². The van der Waals surface area contributed by atoms with Crippen LogP contribution in [0.4, 0.5) is 4.39 Å². The molecule has 35 heavy (non-hydrogen) atoms. The third kappa shape index (κ3) is 3.86. The third-order valence-corrected chi connectivity index (χ3v) is 6.86. The summed E-state index contributed by atoms with van der Waals surface area (Å²) in [4.78, 5) is 6.85. The van der Waals surface area contributed by atoms with E-state index >= 15 is 4.39 Å². The number of aromatic nitrogens is 1. The molecule has 2 saturated heterocycles. The summed E-state index contributed by atoms with van der Waals surface area (Å²) < 4.78 is 43.6. The second kappa shape index (κ2) is 8.70. The van der Waals surface area contributed by atoms with Gasteiger partial charge in [0.25, 0.3) is 0 Å². The van der Waals surface area contributed by atoms with Gasteiger partial charge >= 0.3 is 0 Å². The van der Waals surface area contributed by atoms with Crippen molar-refractivity contribution in [3.63, 3.8) is 0 Å². The van der Waals surface area contributed by atoms with Crippen molar-refractivity contribution in [3.8, 4) is 45.5 Å². The molecule has 4 heterocycles. The Labute approximate surface area is 203 Å². The Morgan fingerprint density at radius 3 is 2.46 bits per heavy atom. The van der Waals surface area contributed by atoms with Crippen LogP contribution in [0.25, 0.3) is 22.4 Å². The molecule has 0 N–H and O–H groups in total. The first kappa shape index (κ1) is 22.1. The van der Waals surface area contributed by atoms with Crippen LogP contribution >= 0.6 is 0 Å². The number of hydrogen-bond acceptors (Lipinski definition) is 7. The summed E-state index contributed by atoms with van der Waals surface area (Å²) in [6.45, 7) is 5.14. The van der Waals surface area contributed by atoms with Gasteiger partial charge < -0.3 is 23.7 Å². The van der Waals surface area contributed by atoms with Gasteiger partial charge in [0.2, 0.25) is 5.88 Å². The van der Waals surface area contributed by atoms with E-state index in [4.69, 9.17) is 23.7 Å². The Hall–Kier alpha value is -3.36. The fraction of sp³-hybridized carbons (Fsp3) is 0.370. The Kier molecular flexibility index (Phi) is 5.50. The van der Waals surface area contributed by atoms with Gasteiger partial charge in [0.1, 0.15) is 30.5 Å². The number of nitrogens with zero attached hydrogens (tertiary/aromatic N) is 2. The lowest BCUT2D eigenvalue weighted by Gasteiger charge is -2.55. The summed E-state index contributed by atoms with van der Waals surface area (Å²) in [6, 6.07) is 12.9. The van der Waals surface area contributed by atoms with Crippen molar-refractivity contribution in [2.24, 2.45) is 5.41 Å². The van der Waals surface area contributed by atoms with Crippen molar-refractivity contribution >= 4 is 0 Å². The highest BCUT2D eigenvalue weighted by molar-refractivity contribution is 5.82. The van der Waals surface area contributed by atoms with Crippen LogP contribution in [0.5, 0.6) is 23.1 Å². The smallest absolute Gasteiger partial charge is 0.218 e. The Bertz CT molecular complexity index is 1270. The molecule has 0 amide bonds. The number of fused-ring (bicyclic) bond motifs is 1. The highest BCUT2D eigenvalue weighted by Crippen LogP contribution is 2.43. The second-order valence-electron chi connectivity index (χ2n) is 9.37. The predicted molar refractivity (Wildman–Crippen MR) is 128 cm³/mol. The molecule has 0 bridgehead atoms. The fourth-order valence-electron chi connectivity index (χ4n) is 5.20. The van der Waals surface area contributed by atoms with Crippen molar-refractivity contribution in [3.05, 3.63) is 53.8 Å². The van der Waals surface area contributed by atoms with Crippen molar-refractivity contribution in [2.75, 3.05) is 53.7 Å². The normalized spacial score (nSPS) is 18.0. The molecule has 0 aliphatic carbocycles. The van der Waals surface area contributed by atoms with Gasteiger partial charge in [-0.3, -0.25) is 4.90 Å². The van der Waals surface area contributed by atoms with Crippen LogP contribution in [0.2, 0.25) is 0 Å². The van der Waals surface area contributed by atoms with Gasteiger partial charge in [-0.05, 0) is 29.8 Å². The molecular weight excluding hydrogens is 451 g/mol. The molecule has 0 atom stereocenters. The zero-order chi connectivity index (χ0) is 24.0. The number of rotatable bonds is 6. The maximum absolute atomic E-state index is 15.5. The molecule has 3 aromatic rings. The number of halogens is 1. The van der Waals surface area contributed by atoms with Gasteiger partial charge in [-0.25, -0.2) is 9.37 Å². The van der Waals surface area contributed by atoms with E-state index in [9.17, 15) is 0 Å². The number of benzene rings is 2. The van der Waals surface area contributed by atoms with Gasteiger partial charge in [0.05, 0.1) is 27.4 Å². The molecule has 8 heteroatoms. The summed E-state index contributed by atoms with van der Waals surface area (Å²) >= 11 is 0. The molecule has 7 nitrogen and oxygen atoms in total. The van der Waals surface area contributed by atoms with Crippen LogP contribution in [0.15, 0.2) is 42.5 Å². The Morgan fingerprint density at radius 1 is 0.971 bits per heavy atom. The molecular formula is C27H27FN2O5. The van der Waals surface area contributed by atoms with Crippen LogP contribution < -0.4 is 18.9 Å². The minimum absolute atomic E-state index is 0.189. The van der Waals surface area contributed by atoms with Crippen molar-refractivity contribution in [2.45, 2.75) is 6.54 Å². The maximum atomic E-state index is 15.5. The van der Waals surface area contributed by atoms with E-state index in [0.717, 1.165) is 43.0 Å². The lowest BCUT2D eigenvalue weighted by molar-refractivity contribution is -0.191. The fourth-order valence-corrected chi connectivity index (χ4v) is 5.20. The lowest BCUT2D eigenvalue weighted by atomic mass is 9.78. The topological polar surface area (TPSA) is 62.3 Å². The van der Waals surface area contributed by atoms with Gasteiger partial charge in [-0.1, -0.05) is 18.2 Å². The Morgan fingerprint density at radius 2 is 1.74 bits per heavy atom. The molecule has 1 spiro atoms. The highest BCUT2D eigenvalue weighted by atomic mass is 19.1. The summed E-state index contributed by atoms with van der Waals surface area (Å²) in [6.07, 6.45) is 0. The molecule has 6 rings (SSSR count). The first-order chi connectivity index (χ1) is 17.1. The minimum atomic E-state index is -0.416. The first-order valence-corrected chi connectivity index (χ1v) is 11.7. The second-order valence-corrected chi connectivity index (χ2v) is 9.37. The largest absolute Gasteiger partial charge is 0.495 e. The number of likely N-dealkylation sites (tertiary alicyclic amines) is 1. The van der Waals surface area contributed by atoms with Crippen LogP contribution in [-0.4, -0.2) is 63.6 Å². The quantitative estimate of drug-likeness (QED) is 0.527. The summed E-state index contributed by atoms with van der Waals surface area (Å²) in [5, 5.41) is 0. The van der Waals surface area contributed by atoms with E-state index in [1.165, 1.54) is 6.07 Å². The van der Waals surface area contributed by atoms with Crippen molar-refractivity contribution in [1.29, 1.82) is 0 Å². The molecule has 182 valence electrons. The van der Waals surface area contributed by atoms with E-state index in [0.29, 0.717) is 53.9 Å².